The number of carboxylic acids is 1. The van der Waals surface area contributed by atoms with Gasteiger partial charge in [0, 0.05) is 12.8 Å². The molecule has 4 nitrogen and oxygen atoms in total. The lowest BCUT2D eigenvalue weighted by molar-refractivity contribution is -0.192. The van der Waals surface area contributed by atoms with Gasteiger partial charge in [-0.1, -0.05) is 6.92 Å². The standard InChI is InChI=1S/C11H18O4/c1-8(10(12)13)9-3-2-4-11(7-9)14-5-6-15-11/h8-9H,2-7H2,1H3,(H,12,13). The lowest BCUT2D eigenvalue weighted by Crippen LogP contribution is -2.39. The average molecular weight is 214 g/mol. The van der Waals surface area contributed by atoms with E-state index in [1.165, 1.54) is 0 Å². The van der Waals surface area contributed by atoms with E-state index in [4.69, 9.17) is 14.6 Å². The van der Waals surface area contributed by atoms with Crippen LogP contribution in [-0.2, 0) is 14.3 Å². The van der Waals surface area contributed by atoms with E-state index in [2.05, 4.69) is 0 Å². The lowest BCUT2D eigenvalue weighted by Gasteiger charge is -2.37. The van der Waals surface area contributed by atoms with Crippen molar-refractivity contribution in [2.75, 3.05) is 13.2 Å². The molecule has 0 aromatic heterocycles. The molecule has 2 unspecified atom stereocenters. The first-order valence-electron chi connectivity index (χ1n) is 5.64. The van der Waals surface area contributed by atoms with Gasteiger partial charge in [0.1, 0.15) is 0 Å². The summed E-state index contributed by atoms with van der Waals surface area (Å²) in [5.74, 6) is -1.27. The molecule has 1 aliphatic carbocycles. The third-order valence-corrected chi connectivity index (χ3v) is 3.62. The van der Waals surface area contributed by atoms with Crippen LogP contribution in [0.4, 0.5) is 0 Å². The van der Waals surface area contributed by atoms with Gasteiger partial charge in [0.25, 0.3) is 0 Å². The van der Waals surface area contributed by atoms with E-state index in [-0.39, 0.29) is 11.8 Å². The zero-order valence-corrected chi connectivity index (χ0v) is 9.07. The van der Waals surface area contributed by atoms with Crippen LogP contribution in [0.1, 0.15) is 32.6 Å². The molecule has 0 bridgehead atoms. The van der Waals surface area contributed by atoms with Crippen molar-refractivity contribution in [1.29, 1.82) is 0 Å². The van der Waals surface area contributed by atoms with E-state index >= 15 is 0 Å². The van der Waals surface area contributed by atoms with Crippen molar-refractivity contribution in [2.24, 2.45) is 11.8 Å². The van der Waals surface area contributed by atoms with Gasteiger partial charge in [0.2, 0.25) is 0 Å². The van der Waals surface area contributed by atoms with Crippen molar-refractivity contribution in [1.82, 2.24) is 0 Å². The van der Waals surface area contributed by atoms with Gasteiger partial charge in [-0.3, -0.25) is 4.79 Å². The summed E-state index contributed by atoms with van der Waals surface area (Å²) in [7, 11) is 0. The molecular formula is C11H18O4. The maximum Gasteiger partial charge on any atom is 0.306 e. The van der Waals surface area contributed by atoms with Crippen LogP contribution in [-0.4, -0.2) is 30.1 Å². The minimum atomic E-state index is -0.713. The number of hydrogen-bond donors (Lipinski definition) is 1. The second kappa shape index (κ2) is 4.10. The van der Waals surface area contributed by atoms with Gasteiger partial charge in [0.15, 0.2) is 5.79 Å². The molecule has 1 saturated heterocycles. The van der Waals surface area contributed by atoms with Gasteiger partial charge >= 0.3 is 5.97 Å². The van der Waals surface area contributed by atoms with Crippen LogP contribution in [0, 0.1) is 11.8 Å². The molecule has 86 valence electrons. The Morgan fingerprint density at radius 3 is 2.73 bits per heavy atom. The van der Waals surface area contributed by atoms with Crippen LogP contribution < -0.4 is 0 Å². The highest BCUT2D eigenvalue weighted by Crippen LogP contribution is 2.41. The Balaban J connectivity index is 2.00. The molecule has 0 aromatic rings. The Kier molecular flexibility index (Phi) is 2.98. The molecule has 2 atom stereocenters. The van der Waals surface area contributed by atoms with E-state index in [9.17, 15) is 4.79 Å². The van der Waals surface area contributed by atoms with E-state index in [0.29, 0.717) is 13.2 Å². The lowest BCUT2D eigenvalue weighted by atomic mass is 9.78. The normalized spacial score (nSPS) is 31.7. The summed E-state index contributed by atoms with van der Waals surface area (Å²) >= 11 is 0. The predicted molar refractivity (Wildman–Crippen MR) is 53.4 cm³/mol. The molecule has 0 amide bonds. The van der Waals surface area contributed by atoms with Crippen molar-refractivity contribution < 1.29 is 19.4 Å². The number of rotatable bonds is 2. The Labute approximate surface area is 89.6 Å². The van der Waals surface area contributed by atoms with Gasteiger partial charge in [-0.05, 0) is 18.8 Å². The Morgan fingerprint density at radius 1 is 1.47 bits per heavy atom. The monoisotopic (exact) mass is 214 g/mol. The van der Waals surface area contributed by atoms with Crippen molar-refractivity contribution >= 4 is 5.97 Å². The van der Waals surface area contributed by atoms with Crippen molar-refractivity contribution in [3.63, 3.8) is 0 Å². The summed E-state index contributed by atoms with van der Waals surface area (Å²) in [6, 6.07) is 0. The molecule has 1 heterocycles. The topological polar surface area (TPSA) is 55.8 Å². The van der Waals surface area contributed by atoms with Gasteiger partial charge in [0.05, 0.1) is 19.1 Å². The molecule has 15 heavy (non-hydrogen) atoms. The second-order valence-electron chi connectivity index (χ2n) is 4.59. The molecule has 1 spiro atoms. The van der Waals surface area contributed by atoms with Crippen LogP contribution in [0.2, 0.25) is 0 Å². The van der Waals surface area contributed by atoms with Crippen LogP contribution in [0.25, 0.3) is 0 Å². The minimum absolute atomic E-state index is 0.189. The summed E-state index contributed by atoms with van der Waals surface area (Å²) in [5.41, 5.74) is 0. The summed E-state index contributed by atoms with van der Waals surface area (Å²) in [5, 5.41) is 8.98. The predicted octanol–water partition coefficient (Wildman–Crippen LogP) is 1.64. The Bertz CT molecular complexity index is 245. The summed E-state index contributed by atoms with van der Waals surface area (Å²) < 4.78 is 11.3. The number of carbonyl (C=O) groups is 1. The maximum absolute atomic E-state index is 10.9. The fourth-order valence-corrected chi connectivity index (χ4v) is 2.62. The number of aliphatic carboxylic acids is 1. The van der Waals surface area contributed by atoms with Crippen molar-refractivity contribution in [3.8, 4) is 0 Å². The number of ether oxygens (including phenoxy) is 2. The Hall–Kier alpha value is -0.610. The van der Waals surface area contributed by atoms with Gasteiger partial charge in [-0.25, -0.2) is 0 Å². The van der Waals surface area contributed by atoms with Crippen LogP contribution in [0.3, 0.4) is 0 Å². The summed E-state index contributed by atoms with van der Waals surface area (Å²) in [4.78, 5) is 10.9. The highest BCUT2D eigenvalue weighted by Gasteiger charge is 2.43. The second-order valence-corrected chi connectivity index (χ2v) is 4.59. The van der Waals surface area contributed by atoms with E-state index < -0.39 is 11.8 Å². The highest BCUT2D eigenvalue weighted by molar-refractivity contribution is 5.69. The molecular weight excluding hydrogens is 196 g/mol. The minimum Gasteiger partial charge on any atom is -0.481 e. The number of hydrogen-bond acceptors (Lipinski definition) is 3. The zero-order valence-electron chi connectivity index (χ0n) is 9.07. The molecule has 1 N–H and O–H groups in total. The SMILES string of the molecule is CC(C(=O)O)C1CCCC2(C1)OCCO2. The Morgan fingerprint density at radius 2 is 2.13 bits per heavy atom. The first kappa shape index (κ1) is 10.9. The summed E-state index contributed by atoms with van der Waals surface area (Å²) in [6.45, 7) is 3.07. The first-order chi connectivity index (χ1) is 7.13. The van der Waals surface area contributed by atoms with Crippen LogP contribution >= 0.6 is 0 Å². The molecule has 0 radical (unpaired) electrons. The fourth-order valence-electron chi connectivity index (χ4n) is 2.62. The quantitative estimate of drug-likeness (QED) is 0.759. The molecule has 2 rings (SSSR count). The molecule has 1 saturated carbocycles. The van der Waals surface area contributed by atoms with Gasteiger partial charge in [-0.2, -0.15) is 0 Å². The molecule has 2 aliphatic rings. The van der Waals surface area contributed by atoms with Gasteiger partial charge < -0.3 is 14.6 Å². The summed E-state index contributed by atoms with van der Waals surface area (Å²) in [6.07, 6.45) is 3.63. The van der Waals surface area contributed by atoms with E-state index in [1.54, 1.807) is 6.92 Å². The average Bonchev–Trinajstić information content (AvgIpc) is 2.65. The number of carboxylic acid groups (broad SMARTS) is 1. The molecule has 0 aromatic carbocycles. The smallest absolute Gasteiger partial charge is 0.306 e. The third-order valence-electron chi connectivity index (χ3n) is 3.62. The van der Waals surface area contributed by atoms with Crippen molar-refractivity contribution in [2.45, 2.75) is 38.4 Å². The largest absolute Gasteiger partial charge is 0.481 e. The molecule has 2 fully saturated rings. The van der Waals surface area contributed by atoms with E-state index in [0.717, 1.165) is 25.7 Å². The van der Waals surface area contributed by atoms with Crippen molar-refractivity contribution in [3.05, 3.63) is 0 Å². The first-order valence-corrected chi connectivity index (χ1v) is 5.64. The highest BCUT2D eigenvalue weighted by atomic mass is 16.7. The fraction of sp³-hybridized carbons (Fsp3) is 0.909. The van der Waals surface area contributed by atoms with Crippen LogP contribution in [0.5, 0.6) is 0 Å². The zero-order chi connectivity index (χ0) is 10.9. The maximum atomic E-state index is 10.9. The van der Waals surface area contributed by atoms with E-state index in [1.807, 2.05) is 0 Å². The van der Waals surface area contributed by atoms with Gasteiger partial charge in [-0.15, -0.1) is 0 Å². The molecule has 4 heteroatoms. The third kappa shape index (κ3) is 2.16. The van der Waals surface area contributed by atoms with Crippen LogP contribution in [0.15, 0.2) is 0 Å². The molecule has 1 aliphatic heterocycles.